The molecule has 1 aromatic heterocycles. The molecule has 0 bridgehead atoms. The van der Waals surface area contributed by atoms with Crippen molar-refractivity contribution in [3.05, 3.63) is 29.0 Å². The summed E-state index contributed by atoms with van der Waals surface area (Å²) in [6.07, 6.45) is 3.83. The zero-order valence-corrected chi connectivity index (χ0v) is 10.5. The zero-order valence-electron chi connectivity index (χ0n) is 8.90. The quantitative estimate of drug-likeness (QED) is 0.640. The molecule has 0 aliphatic rings. The molecule has 1 aromatic rings. The van der Waals surface area contributed by atoms with Gasteiger partial charge in [-0.25, -0.2) is 4.98 Å². The second-order valence-corrected chi connectivity index (χ2v) is 5.20. The summed E-state index contributed by atoms with van der Waals surface area (Å²) >= 11 is 5.66. The Bertz CT molecular complexity index is 398. The van der Waals surface area contributed by atoms with Crippen molar-refractivity contribution in [1.82, 2.24) is 10.3 Å². The fourth-order valence-electron chi connectivity index (χ4n) is 1.12. The van der Waals surface area contributed by atoms with Gasteiger partial charge in [-0.05, 0) is 18.6 Å². The summed E-state index contributed by atoms with van der Waals surface area (Å²) in [5.74, 6) is 0.406. The highest BCUT2D eigenvalue weighted by atomic mass is 35.5. The molecule has 6 heteroatoms. The van der Waals surface area contributed by atoms with Gasteiger partial charge in [-0.2, -0.15) is 0 Å². The molecule has 4 nitrogen and oxygen atoms in total. The summed E-state index contributed by atoms with van der Waals surface area (Å²) in [6.45, 7) is 0.512. The van der Waals surface area contributed by atoms with E-state index in [4.69, 9.17) is 11.6 Å². The summed E-state index contributed by atoms with van der Waals surface area (Å²) < 4.78 is 10.8. The van der Waals surface area contributed by atoms with Crippen molar-refractivity contribution in [3.63, 3.8) is 0 Å². The first-order valence-electron chi connectivity index (χ1n) is 4.79. The number of hydrogen-bond acceptors (Lipinski definition) is 3. The van der Waals surface area contributed by atoms with Crippen molar-refractivity contribution < 1.29 is 9.00 Å². The lowest BCUT2D eigenvalue weighted by Crippen LogP contribution is -2.25. The van der Waals surface area contributed by atoms with E-state index in [9.17, 15) is 9.00 Å². The molecular weight excluding hydrogens is 248 g/mol. The van der Waals surface area contributed by atoms with Gasteiger partial charge in [-0.15, -0.1) is 0 Å². The number of aromatic nitrogens is 1. The average molecular weight is 261 g/mol. The number of pyridine rings is 1. The Balaban J connectivity index is 2.38. The Morgan fingerprint density at radius 3 is 3.00 bits per heavy atom. The second-order valence-electron chi connectivity index (χ2n) is 3.25. The smallest absolute Gasteiger partial charge is 0.251 e. The van der Waals surface area contributed by atoms with E-state index in [1.807, 2.05) is 0 Å². The highest BCUT2D eigenvalue weighted by molar-refractivity contribution is 7.84. The molecule has 16 heavy (non-hydrogen) atoms. The number of carbonyl (C=O) groups excluding carboxylic acids is 1. The molecule has 1 unspecified atom stereocenters. The number of nitrogens with one attached hydrogen (secondary N) is 1. The summed E-state index contributed by atoms with van der Waals surface area (Å²) in [7, 11) is -0.811. The monoisotopic (exact) mass is 260 g/mol. The van der Waals surface area contributed by atoms with Crippen molar-refractivity contribution in [2.75, 3.05) is 18.6 Å². The molecular formula is C10H13ClN2O2S. The minimum atomic E-state index is -0.811. The highest BCUT2D eigenvalue weighted by Gasteiger charge is 2.05. The standard InChI is InChI=1S/C10H13ClN2O2S/c1-16(15)6-2-4-13-10(14)8-3-5-12-9(11)7-8/h3,5,7H,2,4,6H2,1H3,(H,13,14). The van der Waals surface area contributed by atoms with E-state index in [2.05, 4.69) is 10.3 Å². The van der Waals surface area contributed by atoms with E-state index in [0.717, 1.165) is 0 Å². The summed E-state index contributed by atoms with van der Waals surface area (Å²) in [4.78, 5) is 15.4. The van der Waals surface area contributed by atoms with Crippen LogP contribution in [0.15, 0.2) is 18.3 Å². The summed E-state index contributed by atoms with van der Waals surface area (Å²) in [5, 5.41) is 3.02. The normalized spacial score (nSPS) is 12.1. The van der Waals surface area contributed by atoms with Crippen molar-refractivity contribution >= 4 is 28.3 Å². The van der Waals surface area contributed by atoms with Crippen molar-refractivity contribution in [3.8, 4) is 0 Å². The molecule has 0 radical (unpaired) electrons. The maximum Gasteiger partial charge on any atom is 0.251 e. The van der Waals surface area contributed by atoms with Crippen molar-refractivity contribution in [2.24, 2.45) is 0 Å². The van der Waals surface area contributed by atoms with Gasteiger partial charge in [0.15, 0.2) is 0 Å². The van der Waals surface area contributed by atoms with Crippen LogP contribution >= 0.6 is 11.6 Å². The number of rotatable bonds is 5. The lowest BCUT2D eigenvalue weighted by molar-refractivity contribution is 0.0953. The predicted octanol–water partition coefficient (Wildman–Crippen LogP) is 1.23. The second kappa shape index (κ2) is 6.60. The van der Waals surface area contributed by atoms with Gasteiger partial charge in [0.25, 0.3) is 5.91 Å². The molecule has 1 N–H and O–H groups in total. The number of halogens is 1. The van der Waals surface area contributed by atoms with Crippen LogP contribution in [0.2, 0.25) is 5.15 Å². The van der Waals surface area contributed by atoms with Gasteiger partial charge in [0.2, 0.25) is 0 Å². The van der Waals surface area contributed by atoms with Crippen LogP contribution in [0.3, 0.4) is 0 Å². The van der Waals surface area contributed by atoms with Gasteiger partial charge in [0, 0.05) is 41.1 Å². The van der Waals surface area contributed by atoms with E-state index in [1.54, 1.807) is 12.3 Å². The van der Waals surface area contributed by atoms with Crippen LogP contribution in [0.5, 0.6) is 0 Å². The van der Waals surface area contributed by atoms with E-state index in [0.29, 0.717) is 29.4 Å². The van der Waals surface area contributed by atoms with Crippen LogP contribution in [-0.2, 0) is 10.8 Å². The molecule has 0 aliphatic heterocycles. The predicted molar refractivity (Wildman–Crippen MR) is 65.1 cm³/mol. The van der Waals surface area contributed by atoms with Crippen molar-refractivity contribution in [1.29, 1.82) is 0 Å². The molecule has 1 heterocycles. The molecule has 0 aliphatic carbocycles. The molecule has 0 fully saturated rings. The summed E-state index contributed by atoms with van der Waals surface area (Å²) in [5.41, 5.74) is 0.484. The van der Waals surface area contributed by atoms with E-state index in [-0.39, 0.29) is 5.91 Å². The average Bonchev–Trinajstić information content (AvgIpc) is 2.24. The van der Waals surface area contributed by atoms with Crippen LogP contribution in [0, 0.1) is 0 Å². The van der Waals surface area contributed by atoms with Crippen LogP contribution in [0.1, 0.15) is 16.8 Å². The molecule has 0 aromatic carbocycles. The molecule has 0 saturated carbocycles. The number of amides is 1. The first-order chi connectivity index (χ1) is 7.59. The molecule has 88 valence electrons. The van der Waals surface area contributed by atoms with Gasteiger partial charge in [0.05, 0.1) is 0 Å². The van der Waals surface area contributed by atoms with Gasteiger partial charge in [-0.1, -0.05) is 11.6 Å². The Hall–Kier alpha value is -0.940. The third kappa shape index (κ3) is 4.72. The molecule has 1 rings (SSSR count). The Morgan fingerprint density at radius 2 is 2.38 bits per heavy atom. The fraction of sp³-hybridized carbons (Fsp3) is 0.400. The topological polar surface area (TPSA) is 59.1 Å². The van der Waals surface area contributed by atoms with Gasteiger partial charge in [-0.3, -0.25) is 9.00 Å². The third-order valence-electron chi connectivity index (χ3n) is 1.88. The first kappa shape index (κ1) is 13.1. The van der Waals surface area contributed by atoms with E-state index < -0.39 is 10.8 Å². The Morgan fingerprint density at radius 1 is 1.62 bits per heavy atom. The van der Waals surface area contributed by atoms with Gasteiger partial charge < -0.3 is 5.32 Å². The van der Waals surface area contributed by atoms with E-state index >= 15 is 0 Å². The number of hydrogen-bond donors (Lipinski definition) is 1. The van der Waals surface area contributed by atoms with Gasteiger partial charge in [0.1, 0.15) is 5.15 Å². The number of carbonyl (C=O) groups is 1. The van der Waals surface area contributed by atoms with E-state index in [1.165, 1.54) is 12.3 Å². The minimum absolute atomic E-state index is 0.189. The fourth-order valence-corrected chi connectivity index (χ4v) is 1.85. The van der Waals surface area contributed by atoms with Crippen molar-refractivity contribution in [2.45, 2.75) is 6.42 Å². The maximum absolute atomic E-state index is 11.6. The Labute approximate surface area is 102 Å². The third-order valence-corrected chi connectivity index (χ3v) is 2.95. The van der Waals surface area contributed by atoms with Gasteiger partial charge >= 0.3 is 0 Å². The zero-order chi connectivity index (χ0) is 12.0. The first-order valence-corrected chi connectivity index (χ1v) is 6.90. The minimum Gasteiger partial charge on any atom is -0.352 e. The van der Waals surface area contributed by atoms with Crippen LogP contribution < -0.4 is 5.32 Å². The largest absolute Gasteiger partial charge is 0.352 e. The molecule has 1 amide bonds. The molecule has 0 saturated heterocycles. The van der Waals surface area contributed by atoms with Crippen LogP contribution in [-0.4, -0.2) is 33.7 Å². The highest BCUT2D eigenvalue weighted by Crippen LogP contribution is 2.06. The SMILES string of the molecule is CS(=O)CCCNC(=O)c1ccnc(Cl)c1. The van der Waals surface area contributed by atoms with Crippen LogP contribution in [0.25, 0.3) is 0 Å². The summed E-state index contributed by atoms with van der Waals surface area (Å²) in [6, 6.07) is 3.11. The maximum atomic E-state index is 11.6. The van der Waals surface area contributed by atoms with Crippen LogP contribution in [0.4, 0.5) is 0 Å². The molecule has 1 atom stereocenters. The lowest BCUT2D eigenvalue weighted by atomic mass is 10.2. The molecule has 0 spiro atoms. The lowest BCUT2D eigenvalue weighted by Gasteiger charge is -2.04. The Kier molecular flexibility index (Phi) is 5.42. The number of nitrogens with zero attached hydrogens (tertiary/aromatic N) is 1.